The van der Waals surface area contributed by atoms with Crippen molar-refractivity contribution >= 4 is 5.97 Å². The number of hydrogen-bond acceptors (Lipinski definition) is 2. The molecule has 2 aromatic rings. The van der Waals surface area contributed by atoms with Gasteiger partial charge < -0.3 is 5.11 Å². The first kappa shape index (κ1) is 16.6. The number of hydrogen-bond donors (Lipinski definition) is 1. The fourth-order valence-corrected chi connectivity index (χ4v) is 3.59. The Balaban J connectivity index is 1.89. The van der Waals surface area contributed by atoms with E-state index in [9.17, 15) is 18.7 Å². The Kier molecular flexibility index (Phi) is 4.62. The van der Waals surface area contributed by atoms with Crippen molar-refractivity contribution in [3.8, 4) is 0 Å². The number of carboxylic acids is 1. The molecule has 2 aromatic carbocycles. The third-order valence-electron chi connectivity index (χ3n) is 4.84. The summed E-state index contributed by atoms with van der Waals surface area (Å²) in [6.45, 7) is 2.88. The zero-order valence-electron chi connectivity index (χ0n) is 13.3. The van der Waals surface area contributed by atoms with Crippen LogP contribution in [0.4, 0.5) is 8.78 Å². The fourth-order valence-electron chi connectivity index (χ4n) is 3.59. The molecule has 1 N–H and O–H groups in total. The Hall–Kier alpha value is -2.27. The highest BCUT2D eigenvalue weighted by molar-refractivity contribution is 5.73. The van der Waals surface area contributed by atoms with Gasteiger partial charge in [0.2, 0.25) is 0 Å². The minimum absolute atomic E-state index is 0.239. The first-order valence-electron chi connectivity index (χ1n) is 7.93. The van der Waals surface area contributed by atoms with Crippen molar-refractivity contribution < 1.29 is 18.7 Å². The Morgan fingerprint density at radius 3 is 2.54 bits per heavy atom. The summed E-state index contributed by atoms with van der Waals surface area (Å²) in [6, 6.07) is 12.9. The summed E-state index contributed by atoms with van der Waals surface area (Å²) in [5, 5.41) is 9.62. The van der Waals surface area contributed by atoms with Crippen molar-refractivity contribution in [3.63, 3.8) is 0 Å². The first-order valence-corrected chi connectivity index (χ1v) is 7.93. The number of carbonyl (C=O) groups is 1. The second-order valence-corrected chi connectivity index (χ2v) is 6.29. The standard InChI is InChI=1S/C19H19F2NO2/c1-12-18(19(23)24)16(15-8-7-14(20)9-17(15)21)11-22(12)10-13-5-3-2-4-6-13/h2-9,12,16,18H,10-11H2,1H3,(H,23,24)/t12?,16-,18+/m0/s1. The Morgan fingerprint density at radius 2 is 1.92 bits per heavy atom. The third kappa shape index (κ3) is 3.17. The predicted octanol–water partition coefficient (Wildman–Crippen LogP) is 3.65. The predicted molar refractivity (Wildman–Crippen MR) is 86.5 cm³/mol. The highest BCUT2D eigenvalue weighted by Gasteiger charge is 2.45. The van der Waals surface area contributed by atoms with E-state index in [4.69, 9.17) is 0 Å². The van der Waals surface area contributed by atoms with Gasteiger partial charge in [-0.05, 0) is 24.1 Å². The fraction of sp³-hybridized carbons (Fsp3) is 0.316. The largest absolute Gasteiger partial charge is 0.481 e. The maximum Gasteiger partial charge on any atom is 0.308 e. The van der Waals surface area contributed by atoms with E-state index in [-0.39, 0.29) is 11.6 Å². The number of likely N-dealkylation sites (tertiary alicyclic amines) is 1. The van der Waals surface area contributed by atoms with Gasteiger partial charge in [0.15, 0.2) is 0 Å². The first-order chi connectivity index (χ1) is 11.5. The van der Waals surface area contributed by atoms with E-state index in [1.54, 1.807) is 0 Å². The maximum absolute atomic E-state index is 14.2. The minimum atomic E-state index is -0.952. The molecule has 1 aliphatic rings. The lowest BCUT2D eigenvalue weighted by molar-refractivity contribution is -0.142. The van der Waals surface area contributed by atoms with Crippen LogP contribution in [0.3, 0.4) is 0 Å². The molecule has 0 spiro atoms. The summed E-state index contributed by atoms with van der Waals surface area (Å²) >= 11 is 0. The molecule has 126 valence electrons. The molecule has 0 amide bonds. The molecule has 3 nitrogen and oxygen atoms in total. The molecule has 1 unspecified atom stereocenters. The topological polar surface area (TPSA) is 40.5 Å². The molecule has 5 heteroatoms. The van der Waals surface area contributed by atoms with Gasteiger partial charge in [0.1, 0.15) is 11.6 Å². The molecular weight excluding hydrogens is 312 g/mol. The summed E-state index contributed by atoms with van der Waals surface area (Å²) in [4.78, 5) is 13.8. The van der Waals surface area contributed by atoms with Crippen LogP contribution in [0.25, 0.3) is 0 Å². The Labute approximate surface area is 139 Å². The van der Waals surface area contributed by atoms with Gasteiger partial charge in [0.25, 0.3) is 0 Å². The highest BCUT2D eigenvalue weighted by atomic mass is 19.1. The SMILES string of the molecule is CC1[C@@H](C(=O)O)[C@H](c2ccc(F)cc2F)CN1Cc1ccccc1. The van der Waals surface area contributed by atoms with Crippen LogP contribution < -0.4 is 0 Å². The summed E-state index contributed by atoms with van der Waals surface area (Å²) in [5.74, 6) is -3.52. The van der Waals surface area contributed by atoms with Gasteiger partial charge in [-0.2, -0.15) is 0 Å². The zero-order chi connectivity index (χ0) is 17.3. The lowest BCUT2D eigenvalue weighted by Crippen LogP contribution is -2.33. The number of rotatable bonds is 4. The molecule has 1 aliphatic heterocycles. The average molecular weight is 331 g/mol. The monoisotopic (exact) mass is 331 g/mol. The number of benzene rings is 2. The second kappa shape index (κ2) is 6.69. The number of nitrogens with zero attached hydrogens (tertiary/aromatic N) is 1. The van der Waals surface area contributed by atoms with E-state index in [1.807, 2.05) is 42.2 Å². The smallest absolute Gasteiger partial charge is 0.308 e. The van der Waals surface area contributed by atoms with Crippen LogP contribution >= 0.6 is 0 Å². The number of halogens is 2. The van der Waals surface area contributed by atoms with Crippen LogP contribution in [0.5, 0.6) is 0 Å². The molecule has 0 bridgehead atoms. The quantitative estimate of drug-likeness (QED) is 0.930. The number of aliphatic carboxylic acids is 1. The maximum atomic E-state index is 14.2. The van der Waals surface area contributed by atoms with Gasteiger partial charge in [-0.15, -0.1) is 0 Å². The molecule has 0 saturated carbocycles. The van der Waals surface area contributed by atoms with E-state index in [2.05, 4.69) is 0 Å². The summed E-state index contributed by atoms with van der Waals surface area (Å²) < 4.78 is 27.3. The van der Waals surface area contributed by atoms with Crippen molar-refractivity contribution in [1.82, 2.24) is 4.90 Å². The normalized spacial score (nSPS) is 24.2. The zero-order valence-corrected chi connectivity index (χ0v) is 13.3. The van der Waals surface area contributed by atoms with Crippen molar-refractivity contribution in [2.24, 2.45) is 5.92 Å². The lowest BCUT2D eigenvalue weighted by Gasteiger charge is -2.22. The second-order valence-electron chi connectivity index (χ2n) is 6.29. The Morgan fingerprint density at radius 1 is 1.21 bits per heavy atom. The molecule has 1 fully saturated rings. The van der Waals surface area contributed by atoms with E-state index in [1.165, 1.54) is 12.1 Å². The van der Waals surface area contributed by atoms with Crippen LogP contribution in [-0.2, 0) is 11.3 Å². The van der Waals surface area contributed by atoms with Crippen LogP contribution in [0.2, 0.25) is 0 Å². The highest BCUT2D eigenvalue weighted by Crippen LogP contribution is 2.39. The molecule has 3 atom stereocenters. The molecule has 3 rings (SSSR count). The molecule has 24 heavy (non-hydrogen) atoms. The van der Waals surface area contributed by atoms with Gasteiger partial charge in [0.05, 0.1) is 5.92 Å². The van der Waals surface area contributed by atoms with Gasteiger partial charge in [-0.25, -0.2) is 8.78 Å². The molecule has 0 aliphatic carbocycles. The average Bonchev–Trinajstić information content (AvgIpc) is 2.85. The van der Waals surface area contributed by atoms with E-state index < -0.39 is 29.4 Å². The van der Waals surface area contributed by atoms with Crippen molar-refractivity contribution in [1.29, 1.82) is 0 Å². The minimum Gasteiger partial charge on any atom is -0.481 e. The van der Waals surface area contributed by atoms with Gasteiger partial charge in [0, 0.05) is 31.1 Å². The number of carboxylic acid groups (broad SMARTS) is 1. The molecule has 1 saturated heterocycles. The van der Waals surface area contributed by atoms with Crippen molar-refractivity contribution in [3.05, 3.63) is 71.3 Å². The summed E-state index contributed by atoms with van der Waals surface area (Å²) in [6.07, 6.45) is 0. The van der Waals surface area contributed by atoms with Crippen LogP contribution in [-0.4, -0.2) is 28.6 Å². The van der Waals surface area contributed by atoms with Crippen molar-refractivity contribution in [2.45, 2.75) is 25.4 Å². The molecular formula is C19H19F2NO2. The summed E-state index contributed by atoms with van der Waals surface area (Å²) in [7, 11) is 0. The third-order valence-corrected chi connectivity index (χ3v) is 4.84. The van der Waals surface area contributed by atoms with Gasteiger partial charge >= 0.3 is 5.97 Å². The van der Waals surface area contributed by atoms with E-state index >= 15 is 0 Å². The Bertz CT molecular complexity index is 735. The van der Waals surface area contributed by atoms with Crippen LogP contribution in [0.1, 0.15) is 24.0 Å². The van der Waals surface area contributed by atoms with Crippen molar-refractivity contribution in [2.75, 3.05) is 6.54 Å². The van der Waals surface area contributed by atoms with E-state index in [0.29, 0.717) is 13.1 Å². The lowest BCUT2D eigenvalue weighted by atomic mass is 9.85. The molecule has 0 aromatic heterocycles. The molecule has 1 heterocycles. The van der Waals surface area contributed by atoms with E-state index in [0.717, 1.165) is 11.6 Å². The van der Waals surface area contributed by atoms with Crippen LogP contribution in [0, 0.1) is 17.6 Å². The molecule has 0 radical (unpaired) electrons. The van der Waals surface area contributed by atoms with Crippen LogP contribution in [0.15, 0.2) is 48.5 Å². The van der Waals surface area contributed by atoms with Gasteiger partial charge in [-0.1, -0.05) is 36.4 Å². The summed E-state index contributed by atoms with van der Waals surface area (Å²) in [5.41, 5.74) is 1.35. The van der Waals surface area contributed by atoms with Gasteiger partial charge in [-0.3, -0.25) is 9.69 Å².